The summed E-state index contributed by atoms with van der Waals surface area (Å²) >= 11 is 1.50. The molecule has 0 unspecified atom stereocenters. The number of thiazole rings is 1. The Kier molecular flexibility index (Phi) is 5.14. The highest BCUT2D eigenvalue weighted by molar-refractivity contribution is 7.13. The first-order valence-electron chi connectivity index (χ1n) is 7.56. The standard InChI is InChI=1S/C15H19N5O2S/c1-22-9-5-13(21)20-8-2-4-12(20)11-10-23-15(18-11)19-14-16-6-3-7-17-14/h3,6-7,10,12H,2,4-5,8-9H2,1H3,(H,16,17,18,19)/t12-/m0/s1. The van der Waals surface area contributed by atoms with Crippen LogP contribution >= 0.6 is 11.3 Å². The summed E-state index contributed by atoms with van der Waals surface area (Å²) in [7, 11) is 1.61. The van der Waals surface area contributed by atoms with Gasteiger partial charge in [0, 0.05) is 31.4 Å². The summed E-state index contributed by atoms with van der Waals surface area (Å²) < 4.78 is 5.00. The van der Waals surface area contributed by atoms with Crippen molar-refractivity contribution in [2.45, 2.75) is 25.3 Å². The van der Waals surface area contributed by atoms with E-state index in [2.05, 4.69) is 20.3 Å². The molecule has 1 aliphatic heterocycles. The van der Waals surface area contributed by atoms with E-state index >= 15 is 0 Å². The first kappa shape index (κ1) is 15.8. The number of ether oxygens (including phenoxy) is 1. The van der Waals surface area contributed by atoms with Gasteiger partial charge in [0.25, 0.3) is 0 Å². The van der Waals surface area contributed by atoms with Crippen molar-refractivity contribution in [2.24, 2.45) is 0 Å². The number of nitrogens with zero attached hydrogens (tertiary/aromatic N) is 4. The molecule has 0 spiro atoms. The third-order valence-corrected chi connectivity index (χ3v) is 4.52. The Balaban J connectivity index is 1.68. The number of carbonyl (C=O) groups is 1. The monoisotopic (exact) mass is 333 g/mol. The number of rotatable bonds is 6. The molecular formula is C15H19N5O2S. The lowest BCUT2D eigenvalue weighted by molar-refractivity contribution is -0.133. The van der Waals surface area contributed by atoms with Gasteiger partial charge in [-0.15, -0.1) is 11.3 Å². The molecular weight excluding hydrogens is 314 g/mol. The van der Waals surface area contributed by atoms with Crippen molar-refractivity contribution >= 4 is 28.3 Å². The zero-order valence-electron chi connectivity index (χ0n) is 12.9. The van der Waals surface area contributed by atoms with E-state index in [1.54, 1.807) is 25.6 Å². The molecule has 0 saturated carbocycles. The second-order valence-corrected chi connectivity index (χ2v) is 6.12. The van der Waals surface area contributed by atoms with Gasteiger partial charge in [-0.05, 0) is 18.9 Å². The van der Waals surface area contributed by atoms with Crippen LogP contribution in [0.2, 0.25) is 0 Å². The largest absolute Gasteiger partial charge is 0.384 e. The molecule has 0 bridgehead atoms. The first-order chi connectivity index (χ1) is 11.3. The number of methoxy groups -OCH3 is 1. The Morgan fingerprint density at radius 1 is 1.48 bits per heavy atom. The fourth-order valence-corrected chi connectivity index (χ4v) is 3.41. The van der Waals surface area contributed by atoms with Crippen LogP contribution in [0.1, 0.15) is 31.0 Å². The molecule has 0 aromatic carbocycles. The van der Waals surface area contributed by atoms with Crippen molar-refractivity contribution in [1.29, 1.82) is 0 Å². The molecule has 1 saturated heterocycles. The van der Waals surface area contributed by atoms with Gasteiger partial charge in [0.1, 0.15) is 0 Å². The predicted molar refractivity (Wildman–Crippen MR) is 87.6 cm³/mol. The minimum Gasteiger partial charge on any atom is -0.384 e. The summed E-state index contributed by atoms with van der Waals surface area (Å²) in [5.74, 6) is 0.649. The van der Waals surface area contributed by atoms with Gasteiger partial charge in [0.05, 0.1) is 24.8 Å². The topological polar surface area (TPSA) is 80.2 Å². The summed E-state index contributed by atoms with van der Waals surface area (Å²) in [6, 6.07) is 1.82. The van der Waals surface area contributed by atoms with Gasteiger partial charge in [0.2, 0.25) is 11.9 Å². The Bertz CT molecular complexity index is 648. The molecule has 3 rings (SSSR count). The van der Waals surface area contributed by atoms with E-state index < -0.39 is 0 Å². The first-order valence-corrected chi connectivity index (χ1v) is 8.44. The number of hydrogen-bond acceptors (Lipinski definition) is 7. The Hall–Kier alpha value is -2.06. The predicted octanol–water partition coefficient (Wildman–Crippen LogP) is 2.38. The van der Waals surface area contributed by atoms with Crippen molar-refractivity contribution in [2.75, 3.05) is 25.6 Å². The van der Waals surface area contributed by atoms with Crippen LogP contribution in [-0.4, -0.2) is 46.0 Å². The molecule has 0 aliphatic carbocycles. The fraction of sp³-hybridized carbons (Fsp3) is 0.467. The van der Waals surface area contributed by atoms with Crippen molar-refractivity contribution < 1.29 is 9.53 Å². The summed E-state index contributed by atoms with van der Waals surface area (Å²) in [6.07, 6.45) is 5.73. The van der Waals surface area contributed by atoms with Crippen LogP contribution in [0.5, 0.6) is 0 Å². The van der Waals surface area contributed by atoms with Crippen LogP contribution in [0.15, 0.2) is 23.8 Å². The maximum atomic E-state index is 12.3. The molecule has 2 aromatic rings. The van der Waals surface area contributed by atoms with Crippen LogP contribution in [-0.2, 0) is 9.53 Å². The van der Waals surface area contributed by atoms with Gasteiger partial charge in [-0.3, -0.25) is 4.79 Å². The van der Waals surface area contributed by atoms with Gasteiger partial charge < -0.3 is 15.0 Å². The molecule has 1 amide bonds. The molecule has 0 radical (unpaired) electrons. The average molecular weight is 333 g/mol. The quantitative estimate of drug-likeness (QED) is 0.874. The zero-order chi connectivity index (χ0) is 16.1. The highest BCUT2D eigenvalue weighted by Gasteiger charge is 2.31. The lowest BCUT2D eigenvalue weighted by Gasteiger charge is -2.23. The molecule has 122 valence electrons. The Morgan fingerprint density at radius 3 is 3.09 bits per heavy atom. The number of nitrogens with one attached hydrogen (secondary N) is 1. The smallest absolute Gasteiger partial charge is 0.228 e. The highest BCUT2D eigenvalue weighted by Crippen LogP contribution is 2.34. The van der Waals surface area contributed by atoms with E-state index in [9.17, 15) is 4.79 Å². The summed E-state index contributed by atoms with van der Waals surface area (Å²) in [4.78, 5) is 27.0. The van der Waals surface area contributed by atoms with Crippen LogP contribution in [0, 0.1) is 0 Å². The second kappa shape index (κ2) is 7.47. The molecule has 1 N–H and O–H groups in total. The Morgan fingerprint density at radius 2 is 2.30 bits per heavy atom. The number of likely N-dealkylation sites (tertiary alicyclic amines) is 1. The number of aromatic nitrogens is 3. The van der Waals surface area contributed by atoms with Crippen LogP contribution in [0.3, 0.4) is 0 Å². The number of anilines is 2. The summed E-state index contributed by atoms with van der Waals surface area (Å²) in [6.45, 7) is 1.24. The van der Waals surface area contributed by atoms with Gasteiger partial charge >= 0.3 is 0 Å². The van der Waals surface area contributed by atoms with Crippen LogP contribution < -0.4 is 5.32 Å². The second-order valence-electron chi connectivity index (χ2n) is 5.26. The number of amides is 1. The third kappa shape index (κ3) is 3.83. The van der Waals surface area contributed by atoms with Crippen LogP contribution in [0.25, 0.3) is 0 Å². The molecule has 7 nitrogen and oxygen atoms in total. The van der Waals surface area contributed by atoms with E-state index in [1.807, 2.05) is 10.3 Å². The SMILES string of the molecule is COCCC(=O)N1CCC[C@H]1c1csc(Nc2ncccn2)n1. The molecule has 1 aliphatic rings. The van der Waals surface area contributed by atoms with Gasteiger partial charge in [0.15, 0.2) is 5.13 Å². The molecule has 23 heavy (non-hydrogen) atoms. The van der Waals surface area contributed by atoms with Crippen molar-refractivity contribution in [3.63, 3.8) is 0 Å². The average Bonchev–Trinajstić information content (AvgIpc) is 3.22. The lowest BCUT2D eigenvalue weighted by Crippen LogP contribution is -2.31. The normalized spacial score (nSPS) is 17.4. The van der Waals surface area contributed by atoms with E-state index in [4.69, 9.17) is 4.74 Å². The van der Waals surface area contributed by atoms with Crippen molar-refractivity contribution in [1.82, 2.24) is 19.9 Å². The summed E-state index contributed by atoms with van der Waals surface area (Å²) in [5, 5.41) is 5.82. The van der Waals surface area contributed by atoms with E-state index in [0.29, 0.717) is 19.0 Å². The van der Waals surface area contributed by atoms with E-state index in [1.165, 1.54) is 11.3 Å². The highest BCUT2D eigenvalue weighted by atomic mass is 32.1. The van der Waals surface area contributed by atoms with Gasteiger partial charge in [-0.2, -0.15) is 0 Å². The molecule has 8 heteroatoms. The minimum absolute atomic E-state index is 0.0582. The molecule has 3 heterocycles. The molecule has 1 atom stereocenters. The maximum absolute atomic E-state index is 12.3. The van der Waals surface area contributed by atoms with E-state index in [-0.39, 0.29) is 11.9 Å². The van der Waals surface area contributed by atoms with E-state index in [0.717, 1.165) is 30.2 Å². The molecule has 2 aromatic heterocycles. The fourth-order valence-electron chi connectivity index (χ4n) is 2.66. The van der Waals surface area contributed by atoms with Crippen molar-refractivity contribution in [3.05, 3.63) is 29.5 Å². The maximum Gasteiger partial charge on any atom is 0.228 e. The number of carbonyl (C=O) groups excluding carboxylic acids is 1. The summed E-state index contributed by atoms with van der Waals surface area (Å²) in [5.41, 5.74) is 0.927. The van der Waals surface area contributed by atoms with Crippen molar-refractivity contribution in [3.8, 4) is 0 Å². The third-order valence-electron chi connectivity index (χ3n) is 3.74. The molecule has 1 fully saturated rings. The van der Waals surface area contributed by atoms with Gasteiger partial charge in [-0.1, -0.05) is 0 Å². The van der Waals surface area contributed by atoms with Gasteiger partial charge in [-0.25, -0.2) is 15.0 Å². The number of hydrogen-bond donors (Lipinski definition) is 1. The van der Waals surface area contributed by atoms with Crippen LogP contribution in [0.4, 0.5) is 11.1 Å². The zero-order valence-corrected chi connectivity index (χ0v) is 13.8. The minimum atomic E-state index is 0.0582. The Labute approximate surface area is 138 Å². The lowest BCUT2D eigenvalue weighted by atomic mass is 10.1.